The lowest BCUT2D eigenvalue weighted by molar-refractivity contribution is -0.220. The molecule has 0 bridgehead atoms. The highest BCUT2D eigenvalue weighted by Crippen LogP contribution is 2.36. The molecule has 4 N–H and O–H groups in total. The van der Waals surface area contributed by atoms with Crippen molar-refractivity contribution in [2.45, 2.75) is 70.1 Å². The molecule has 0 aromatic rings. The first-order chi connectivity index (χ1) is 10.9. The van der Waals surface area contributed by atoms with Gasteiger partial charge in [0.15, 0.2) is 5.78 Å². The number of aliphatic hydroxyl groups is 4. The van der Waals surface area contributed by atoms with Crippen molar-refractivity contribution in [3.8, 4) is 0 Å². The van der Waals surface area contributed by atoms with Crippen molar-refractivity contribution in [1.82, 2.24) is 0 Å². The maximum absolute atomic E-state index is 12.5. The Hall–Kier alpha value is -0.790. The van der Waals surface area contributed by atoms with Crippen LogP contribution in [-0.2, 0) is 9.53 Å². The topological polar surface area (TPSA) is 107 Å². The third kappa shape index (κ3) is 3.67. The maximum atomic E-state index is 12.5. The normalized spacial score (nSPS) is 41.7. The first-order valence-electron chi connectivity index (χ1n) is 8.49. The highest BCUT2D eigenvalue weighted by molar-refractivity contribution is 5.97. The van der Waals surface area contributed by atoms with Crippen molar-refractivity contribution >= 4 is 5.78 Å². The fourth-order valence-corrected chi connectivity index (χ4v) is 3.72. The smallest absolute Gasteiger partial charge is 0.161 e. The number of ether oxygens (including phenoxy) is 1. The van der Waals surface area contributed by atoms with Crippen LogP contribution in [0.3, 0.4) is 0 Å². The van der Waals surface area contributed by atoms with Crippen LogP contribution in [0.5, 0.6) is 0 Å². The van der Waals surface area contributed by atoms with Gasteiger partial charge < -0.3 is 25.2 Å². The van der Waals surface area contributed by atoms with Crippen LogP contribution >= 0.6 is 0 Å². The van der Waals surface area contributed by atoms with Crippen LogP contribution in [0.15, 0.2) is 11.6 Å². The van der Waals surface area contributed by atoms with Gasteiger partial charge in [-0.25, -0.2) is 0 Å². The molecule has 6 nitrogen and oxygen atoms in total. The van der Waals surface area contributed by atoms with Gasteiger partial charge in [-0.1, -0.05) is 26.3 Å². The van der Waals surface area contributed by atoms with Crippen LogP contribution < -0.4 is 0 Å². The quantitative estimate of drug-likeness (QED) is 0.573. The Labute approximate surface area is 136 Å². The molecular formula is C17H28O6. The second-order valence-corrected chi connectivity index (χ2v) is 6.62. The van der Waals surface area contributed by atoms with Crippen molar-refractivity contribution in [2.75, 3.05) is 6.61 Å². The van der Waals surface area contributed by atoms with Crippen molar-refractivity contribution in [3.05, 3.63) is 11.6 Å². The van der Waals surface area contributed by atoms with E-state index >= 15 is 0 Å². The molecule has 1 fully saturated rings. The van der Waals surface area contributed by atoms with Gasteiger partial charge in [-0.2, -0.15) is 0 Å². The highest BCUT2D eigenvalue weighted by atomic mass is 16.5. The molecule has 0 amide bonds. The molecule has 1 saturated heterocycles. The number of hydrogen-bond donors (Lipinski definition) is 4. The largest absolute Gasteiger partial charge is 0.394 e. The van der Waals surface area contributed by atoms with Gasteiger partial charge in [-0.15, -0.1) is 0 Å². The van der Waals surface area contributed by atoms with E-state index in [-0.39, 0.29) is 11.7 Å². The Kier molecular flexibility index (Phi) is 6.33. The SMILES string of the molecule is CCC[C@@H]1CC(=O)C(C2OC(CO)C(O)C(O)C2O)=C[C@H]1CC. The minimum absolute atomic E-state index is 0.0857. The molecule has 132 valence electrons. The molecule has 23 heavy (non-hydrogen) atoms. The molecule has 0 spiro atoms. The van der Waals surface area contributed by atoms with Crippen LogP contribution in [0.2, 0.25) is 0 Å². The number of rotatable bonds is 5. The Balaban J connectivity index is 2.26. The average molecular weight is 328 g/mol. The average Bonchev–Trinajstić information content (AvgIpc) is 2.54. The molecule has 2 rings (SSSR count). The summed E-state index contributed by atoms with van der Waals surface area (Å²) in [5.74, 6) is 0.443. The summed E-state index contributed by atoms with van der Waals surface area (Å²) in [5, 5.41) is 39.3. The standard InChI is InChI=1S/C17H28O6/c1-3-5-10-7-12(19)11(6-9(10)4-2)17-16(22)15(21)14(20)13(8-18)23-17/h6,9-10,13-18,20-22H,3-5,7-8H2,1-2H3/t9-,10-,13?,14?,15?,16?,17?/m1/s1. The lowest BCUT2D eigenvalue weighted by atomic mass is 9.74. The number of carbonyl (C=O) groups excluding carboxylic acids is 1. The minimum Gasteiger partial charge on any atom is -0.394 e. The van der Waals surface area contributed by atoms with E-state index in [4.69, 9.17) is 4.74 Å². The van der Waals surface area contributed by atoms with Gasteiger partial charge in [-0.3, -0.25) is 4.79 Å². The van der Waals surface area contributed by atoms with Crippen LogP contribution in [0.4, 0.5) is 0 Å². The van der Waals surface area contributed by atoms with Gasteiger partial charge in [-0.05, 0) is 24.7 Å². The third-order valence-corrected chi connectivity index (χ3v) is 5.10. The molecule has 2 aliphatic rings. The molecule has 0 saturated carbocycles. The molecular weight excluding hydrogens is 300 g/mol. The van der Waals surface area contributed by atoms with Crippen molar-refractivity contribution in [2.24, 2.45) is 11.8 Å². The molecule has 0 aromatic carbocycles. The molecule has 1 aliphatic heterocycles. The summed E-state index contributed by atoms with van der Waals surface area (Å²) in [6, 6.07) is 0. The number of ketones is 1. The monoisotopic (exact) mass is 328 g/mol. The van der Waals surface area contributed by atoms with E-state index in [9.17, 15) is 25.2 Å². The van der Waals surface area contributed by atoms with Crippen LogP contribution in [0, 0.1) is 11.8 Å². The predicted octanol–water partition coefficient (Wildman–Crippen LogP) is 0.170. The Morgan fingerprint density at radius 3 is 2.43 bits per heavy atom. The Bertz CT molecular complexity index is 446. The molecule has 6 heteroatoms. The summed E-state index contributed by atoms with van der Waals surface area (Å²) in [4.78, 5) is 12.5. The van der Waals surface area contributed by atoms with Gasteiger partial charge in [0, 0.05) is 12.0 Å². The summed E-state index contributed by atoms with van der Waals surface area (Å²) >= 11 is 0. The van der Waals surface area contributed by atoms with E-state index in [0.29, 0.717) is 17.9 Å². The van der Waals surface area contributed by atoms with E-state index in [2.05, 4.69) is 13.8 Å². The van der Waals surface area contributed by atoms with E-state index in [1.54, 1.807) is 0 Å². The first-order valence-corrected chi connectivity index (χ1v) is 8.49. The zero-order chi connectivity index (χ0) is 17.1. The van der Waals surface area contributed by atoms with E-state index in [0.717, 1.165) is 19.3 Å². The Morgan fingerprint density at radius 1 is 1.17 bits per heavy atom. The lowest BCUT2D eigenvalue weighted by Crippen LogP contribution is -2.59. The summed E-state index contributed by atoms with van der Waals surface area (Å²) in [7, 11) is 0. The van der Waals surface area contributed by atoms with Gasteiger partial charge in [0.1, 0.15) is 30.5 Å². The fourth-order valence-electron chi connectivity index (χ4n) is 3.72. The predicted molar refractivity (Wildman–Crippen MR) is 83.7 cm³/mol. The highest BCUT2D eigenvalue weighted by Gasteiger charge is 2.47. The van der Waals surface area contributed by atoms with Gasteiger partial charge in [0.25, 0.3) is 0 Å². The number of hydrogen-bond acceptors (Lipinski definition) is 6. The number of Topliss-reactive ketones (excluding diaryl/α,β-unsaturated/α-hetero) is 1. The summed E-state index contributed by atoms with van der Waals surface area (Å²) in [5.41, 5.74) is 0.362. The van der Waals surface area contributed by atoms with E-state index in [1.165, 1.54) is 0 Å². The van der Waals surface area contributed by atoms with Crippen molar-refractivity contribution in [3.63, 3.8) is 0 Å². The zero-order valence-corrected chi connectivity index (χ0v) is 13.8. The van der Waals surface area contributed by atoms with Crippen LogP contribution in [-0.4, -0.2) is 63.3 Å². The van der Waals surface area contributed by atoms with Gasteiger partial charge in [0.05, 0.1) is 6.61 Å². The number of aliphatic hydroxyl groups excluding tert-OH is 4. The maximum Gasteiger partial charge on any atom is 0.161 e. The second kappa shape index (κ2) is 7.85. The van der Waals surface area contributed by atoms with Crippen LogP contribution in [0.1, 0.15) is 39.5 Å². The lowest BCUT2D eigenvalue weighted by Gasteiger charge is -2.42. The Morgan fingerprint density at radius 2 is 1.87 bits per heavy atom. The molecule has 1 aliphatic carbocycles. The second-order valence-electron chi connectivity index (χ2n) is 6.62. The van der Waals surface area contributed by atoms with Crippen molar-refractivity contribution < 1.29 is 30.0 Å². The first kappa shape index (κ1) is 18.5. The van der Waals surface area contributed by atoms with Crippen molar-refractivity contribution in [1.29, 1.82) is 0 Å². The molecule has 5 unspecified atom stereocenters. The number of allylic oxidation sites excluding steroid dienone is 1. The van der Waals surface area contributed by atoms with Gasteiger partial charge >= 0.3 is 0 Å². The molecule has 0 aromatic heterocycles. The summed E-state index contributed by atoms with van der Waals surface area (Å²) in [6.45, 7) is 3.66. The third-order valence-electron chi connectivity index (χ3n) is 5.10. The molecule has 1 heterocycles. The van der Waals surface area contributed by atoms with E-state index in [1.807, 2.05) is 6.08 Å². The fraction of sp³-hybridized carbons (Fsp3) is 0.824. The minimum atomic E-state index is -1.45. The van der Waals surface area contributed by atoms with Gasteiger partial charge in [0.2, 0.25) is 0 Å². The molecule has 0 radical (unpaired) electrons. The summed E-state index contributed by atoms with van der Waals surface area (Å²) in [6.07, 6.45) is -1.09. The van der Waals surface area contributed by atoms with Crippen LogP contribution in [0.25, 0.3) is 0 Å². The molecule has 7 atom stereocenters. The zero-order valence-electron chi connectivity index (χ0n) is 13.8. The number of carbonyl (C=O) groups is 1. The van der Waals surface area contributed by atoms with E-state index < -0.39 is 37.1 Å². The summed E-state index contributed by atoms with van der Waals surface area (Å²) < 4.78 is 5.53.